The van der Waals surface area contributed by atoms with Gasteiger partial charge in [0.1, 0.15) is 5.75 Å². The van der Waals surface area contributed by atoms with E-state index in [1.54, 1.807) is 30.3 Å². The average molecular weight is 284 g/mol. The fourth-order valence-electron chi connectivity index (χ4n) is 2.00. The van der Waals surface area contributed by atoms with Crippen LogP contribution in [0.4, 0.5) is 13.2 Å². The van der Waals surface area contributed by atoms with Crippen LogP contribution in [-0.2, 0) is 4.79 Å². The quantitative estimate of drug-likeness (QED) is 0.458. The molecule has 1 aromatic carbocycles. The van der Waals surface area contributed by atoms with E-state index in [0.717, 1.165) is 0 Å². The monoisotopic (exact) mass is 284 g/mol. The van der Waals surface area contributed by atoms with Gasteiger partial charge >= 0.3 is 12.1 Å². The molecule has 0 atom stereocenters. The SMILES string of the molecule is O=C(/C=C\CCC1(C(F)(F)F)CC1)Oc1ccccc1. The number of carbonyl (C=O) groups excluding carboxylic acids is 1. The molecule has 0 bridgehead atoms. The van der Waals surface area contributed by atoms with Gasteiger partial charge < -0.3 is 4.74 Å². The number of carbonyl (C=O) groups is 1. The van der Waals surface area contributed by atoms with Gasteiger partial charge in [-0.3, -0.25) is 0 Å². The third-order valence-electron chi connectivity index (χ3n) is 3.46. The first-order valence-corrected chi connectivity index (χ1v) is 6.43. The molecule has 1 aliphatic carbocycles. The van der Waals surface area contributed by atoms with Crippen molar-refractivity contribution in [3.63, 3.8) is 0 Å². The molecule has 0 unspecified atom stereocenters. The Bertz CT molecular complexity index is 488. The molecule has 1 aliphatic rings. The maximum atomic E-state index is 12.7. The summed E-state index contributed by atoms with van der Waals surface area (Å²) < 4.78 is 42.9. The minimum absolute atomic E-state index is 0.0334. The number of halogens is 3. The lowest BCUT2D eigenvalue weighted by molar-refractivity contribution is -0.188. The average Bonchev–Trinajstić information content (AvgIpc) is 3.16. The lowest BCUT2D eigenvalue weighted by Crippen LogP contribution is -2.24. The maximum Gasteiger partial charge on any atom is 0.394 e. The highest BCUT2D eigenvalue weighted by Gasteiger charge is 2.62. The predicted octanol–water partition coefficient (Wildman–Crippen LogP) is 4.27. The summed E-state index contributed by atoms with van der Waals surface area (Å²) in [4.78, 5) is 11.4. The first-order chi connectivity index (χ1) is 9.43. The van der Waals surface area contributed by atoms with E-state index in [4.69, 9.17) is 4.74 Å². The molecule has 0 saturated heterocycles. The summed E-state index contributed by atoms with van der Waals surface area (Å²) in [6.45, 7) is 0. The van der Waals surface area contributed by atoms with Crippen LogP contribution in [0.5, 0.6) is 5.75 Å². The molecular formula is C15H15F3O2. The molecule has 0 N–H and O–H groups in total. The van der Waals surface area contributed by atoms with E-state index in [0.29, 0.717) is 5.75 Å². The Labute approximate surface area is 115 Å². The van der Waals surface area contributed by atoms with Crippen molar-refractivity contribution < 1.29 is 22.7 Å². The molecule has 1 fully saturated rings. The van der Waals surface area contributed by atoms with Crippen molar-refractivity contribution in [3.05, 3.63) is 42.5 Å². The summed E-state index contributed by atoms with van der Waals surface area (Å²) in [6, 6.07) is 8.52. The maximum absolute atomic E-state index is 12.7. The number of rotatable bonds is 5. The number of hydrogen-bond acceptors (Lipinski definition) is 2. The molecule has 0 aliphatic heterocycles. The Morgan fingerprint density at radius 3 is 2.45 bits per heavy atom. The Morgan fingerprint density at radius 2 is 1.90 bits per heavy atom. The molecule has 0 spiro atoms. The van der Waals surface area contributed by atoms with Crippen LogP contribution >= 0.6 is 0 Å². The minimum atomic E-state index is -4.13. The standard InChI is InChI=1S/C15H15F3O2/c16-15(17,18)14(10-11-14)9-5-4-8-13(19)20-12-6-2-1-3-7-12/h1-4,6-8H,5,9-11H2/b8-4-. The molecule has 2 nitrogen and oxygen atoms in total. The second-order valence-electron chi connectivity index (χ2n) is 4.95. The van der Waals surface area contributed by atoms with E-state index in [2.05, 4.69) is 0 Å². The van der Waals surface area contributed by atoms with Crippen LogP contribution in [0.2, 0.25) is 0 Å². The summed E-state index contributed by atoms with van der Waals surface area (Å²) in [7, 11) is 0. The molecule has 108 valence electrons. The molecule has 5 heteroatoms. The molecular weight excluding hydrogens is 269 g/mol. The Morgan fingerprint density at radius 1 is 1.25 bits per heavy atom. The Hall–Kier alpha value is -1.78. The molecule has 0 heterocycles. The molecule has 1 aromatic rings. The number of allylic oxidation sites excluding steroid dienone is 1. The van der Waals surface area contributed by atoms with Gasteiger partial charge in [-0.05, 0) is 37.8 Å². The van der Waals surface area contributed by atoms with Crippen molar-refractivity contribution in [3.8, 4) is 5.75 Å². The van der Waals surface area contributed by atoms with Gasteiger partial charge in [-0.15, -0.1) is 0 Å². The largest absolute Gasteiger partial charge is 0.423 e. The van der Waals surface area contributed by atoms with E-state index >= 15 is 0 Å². The number of ether oxygens (including phenoxy) is 1. The molecule has 0 aromatic heterocycles. The Balaban J connectivity index is 1.76. The summed E-state index contributed by atoms with van der Waals surface area (Å²) in [6.07, 6.45) is -0.867. The van der Waals surface area contributed by atoms with E-state index in [-0.39, 0.29) is 25.7 Å². The van der Waals surface area contributed by atoms with E-state index in [1.807, 2.05) is 0 Å². The lowest BCUT2D eigenvalue weighted by Gasteiger charge is -2.17. The highest BCUT2D eigenvalue weighted by atomic mass is 19.4. The van der Waals surface area contributed by atoms with E-state index < -0.39 is 17.6 Å². The van der Waals surface area contributed by atoms with Crippen molar-refractivity contribution in [2.45, 2.75) is 31.9 Å². The van der Waals surface area contributed by atoms with Gasteiger partial charge in [0.05, 0.1) is 5.41 Å². The van der Waals surface area contributed by atoms with Crippen LogP contribution in [0.1, 0.15) is 25.7 Å². The van der Waals surface area contributed by atoms with Crippen molar-refractivity contribution in [2.24, 2.45) is 5.41 Å². The lowest BCUT2D eigenvalue weighted by atomic mass is 9.99. The smallest absolute Gasteiger partial charge is 0.394 e. The summed E-state index contributed by atoms with van der Waals surface area (Å²) in [5, 5.41) is 0. The molecule has 2 rings (SSSR count). The molecule has 1 saturated carbocycles. The summed E-state index contributed by atoms with van der Waals surface area (Å²) >= 11 is 0. The number of benzene rings is 1. The fraction of sp³-hybridized carbons (Fsp3) is 0.400. The van der Waals surface area contributed by atoms with Crippen LogP contribution in [0, 0.1) is 5.41 Å². The zero-order valence-corrected chi connectivity index (χ0v) is 10.8. The summed E-state index contributed by atoms with van der Waals surface area (Å²) in [5.74, 6) is -0.163. The van der Waals surface area contributed by atoms with Crippen molar-refractivity contribution in [2.75, 3.05) is 0 Å². The number of alkyl halides is 3. The zero-order valence-electron chi connectivity index (χ0n) is 10.8. The third kappa shape index (κ3) is 3.62. The Kier molecular flexibility index (Phi) is 4.16. The minimum Gasteiger partial charge on any atom is -0.423 e. The van der Waals surface area contributed by atoms with Crippen LogP contribution in [0.25, 0.3) is 0 Å². The first-order valence-electron chi connectivity index (χ1n) is 6.43. The second-order valence-corrected chi connectivity index (χ2v) is 4.95. The highest BCUT2D eigenvalue weighted by Crippen LogP contribution is 2.60. The van der Waals surface area contributed by atoms with Crippen LogP contribution < -0.4 is 4.74 Å². The summed E-state index contributed by atoms with van der Waals surface area (Å²) in [5.41, 5.74) is -1.51. The van der Waals surface area contributed by atoms with Crippen molar-refractivity contribution in [1.82, 2.24) is 0 Å². The van der Waals surface area contributed by atoms with Gasteiger partial charge in [0.2, 0.25) is 0 Å². The fourth-order valence-corrected chi connectivity index (χ4v) is 2.00. The van der Waals surface area contributed by atoms with Gasteiger partial charge in [0.25, 0.3) is 0 Å². The highest BCUT2D eigenvalue weighted by molar-refractivity contribution is 5.83. The van der Waals surface area contributed by atoms with Gasteiger partial charge in [-0.2, -0.15) is 13.2 Å². The predicted molar refractivity (Wildman–Crippen MR) is 68.2 cm³/mol. The van der Waals surface area contributed by atoms with Crippen LogP contribution in [0.15, 0.2) is 42.5 Å². The zero-order chi connectivity index (χ0) is 14.6. The van der Waals surface area contributed by atoms with Crippen LogP contribution in [-0.4, -0.2) is 12.1 Å². The van der Waals surface area contributed by atoms with Gasteiger partial charge in [-0.1, -0.05) is 24.3 Å². The van der Waals surface area contributed by atoms with Gasteiger partial charge in [0, 0.05) is 6.08 Å². The third-order valence-corrected chi connectivity index (χ3v) is 3.46. The molecule has 0 amide bonds. The van der Waals surface area contributed by atoms with Crippen molar-refractivity contribution >= 4 is 5.97 Å². The van der Waals surface area contributed by atoms with Crippen LogP contribution in [0.3, 0.4) is 0 Å². The molecule has 20 heavy (non-hydrogen) atoms. The normalized spacial score (nSPS) is 17.1. The first kappa shape index (κ1) is 14.6. The number of para-hydroxylation sites is 1. The van der Waals surface area contributed by atoms with Crippen molar-refractivity contribution in [1.29, 1.82) is 0 Å². The topological polar surface area (TPSA) is 26.3 Å². The number of hydrogen-bond donors (Lipinski definition) is 0. The van der Waals surface area contributed by atoms with E-state index in [1.165, 1.54) is 12.2 Å². The van der Waals surface area contributed by atoms with Gasteiger partial charge in [0.15, 0.2) is 0 Å². The van der Waals surface area contributed by atoms with E-state index in [9.17, 15) is 18.0 Å². The second kappa shape index (κ2) is 5.69. The number of esters is 1. The molecule has 0 radical (unpaired) electrons. The van der Waals surface area contributed by atoms with Gasteiger partial charge in [-0.25, -0.2) is 4.79 Å².